The number of phenols is 1. The first-order chi connectivity index (χ1) is 21.7. The molecule has 2 aliphatic heterocycles. The van der Waals surface area contributed by atoms with E-state index in [9.17, 15) is 29.4 Å². The Bertz CT molecular complexity index is 1420. The molecule has 4 aliphatic rings. The number of unbranched alkanes of at least 4 members (excludes halogenated alkanes) is 1. The second-order valence-electron chi connectivity index (χ2n) is 13.5. The predicted octanol–water partition coefficient (Wildman–Crippen LogP) is 2.77. The number of hydrogen-bond donors (Lipinski definition) is 3. The highest BCUT2D eigenvalue weighted by Gasteiger charge is 2.72. The number of likely N-dealkylation sites (tertiary alicyclic amines) is 1. The number of hydrogen-bond acceptors (Lipinski definition) is 12. The smallest absolute Gasteiger partial charge is 0.504 e. The van der Waals surface area contributed by atoms with Gasteiger partial charge < -0.3 is 44.1 Å². The van der Waals surface area contributed by atoms with Gasteiger partial charge in [0.1, 0.15) is 11.4 Å². The molecule has 3 N–H and O–H groups in total. The number of benzene rings is 1. The van der Waals surface area contributed by atoms with Gasteiger partial charge >= 0.3 is 18.1 Å². The van der Waals surface area contributed by atoms with E-state index in [1.807, 2.05) is 20.0 Å². The van der Waals surface area contributed by atoms with Crippen molar-refractivity contribution in [3.63, 3.8) is 0 Å². The van der Waals surface area contributed by atoms with Gasteiger partial charge in [0, 0.05) is 24.6 Å². The molecule has 1 fully saturated rings. The zero-order valence-corrected chi connectivity index (χ0v) is 27.1. The van der Waals surface area contributed by atoms with Crippen LogP contribution in [0.5, 0.6) is 11.5 Å². The Morgan fingerprint density at radius 1 is 1.20 bits per heavy atom. The lowest BCUT2D eigenvalue weighted by molar-refractivity contribution is -0.169. The van der Waals surface area contributed by atoms with Crippen molar-refractivity contribution in [2.45, 2.75) is 108 Å². The summed E-state index contributed by atoms with van der Waals surface area (Å²) < 4.78 is 27.5. The number of likely N-dealkylation sites (N-methyl/N-ethyl adjacent to an activating group) is 1. The molecule has 2 aliphatic carbocycles. The minimum absolute atomic E-state index is 0.0342. The van der Waals surface area contributed by atoms with E-state index in [0.717, 1.165) is 17.5 Å². The molecule has 5 atom stereocenters. The molecular weight excluding hydrogens is 600 g/mol. The van der Waals surface area contributed by atoms with E-state index in [1.165, 1.54) is 0 Å². The Labute approximate surface area is 268 Å². The van der Waals surface area contributed by atoms with Crippen molar-refractivity contribution in [3.8, 4) is 11.5 Å². The molecular formula is C33H44N2O11. The number of piperidine rings is 1. The number of rotatable bonds is 11. The highest BCUT2D eigenvalue weighted by Crippen LogP contribution is 2.65. The lowest BCUT2D eigenvalue weighted by Gasteiger charge is -2.61. The summed E-state index contributed by atoms with van der Waals surface area (Å²) in [7, 11) is 1.98. The zero-order chi connectivity index (χ0) is 33.4. The Morgan fingerprint density at radius 3 is 2.67 bits per heavy atom. The van der Waals surface area contributed by atoms with Gasteiger partial charge in [-0.3, -0.25) is 14.4 Å². The van der Waals surface area contributed by atoms with Crippen LogP contribution in [-0.4, -0.2) is 95.3 Å². The fraction of sp³-hybridized carbons (Fsp3) is 0.636. The molecule has 252 valence electrons. The van der Waals surface area contributed by atoms with E-state index in [4.69, 9.17) is 23.7 Å². The number of aromatic hydroxyl groups is 1. The van der Waals surface area contributed by atoms with Crippen LogP contribution in [0, 0.1) is 0 Å². The summed E-state index contributed by atoms with van der Waals surface area (Å²) in [4.78, 5) is 52.7. The average molecular weight is 645 g/mol. The van der Waals surface area contributed by atoms with Crippen molar-refractivity contribution < 1.29 is 53.1 Å². The van der Waals surface area contributed by atoms with Crippen LogP contribution in [0.3, 0.4) is 0 Å². The highest BCUT2D eigenvalue weighted by atomic mass is 16.7. The quantitative estimate of drug-likeness (QED) is 0.183. The minimum atomic E-state index is -1.53. The van der Waals surface area contributed by atoms with Crippen molar-refractivity contribution in [2.75, 3.05) is 26.7 Å². The zero-order valence-electron chi connectivity index (χ0n) is 27.1. The van der Waals surface area contributed by atoms with Crippen LogP contribution < -0.4 is 10.1 Å². The molecule has 1 saturated heterocycles. The van der Waals surface area contributed by atoms with Gasteiger partial charge in [-0.15, -0.1) is 0 Å². The van der Waals surface area contributed by atoms with Crippen molar-refractivity contribution in [1.29, 1.82) is 0 Å². The van der Waals surface area contributed by atoms with Crippen LogP contribution in [0.2, 0.25) is 0 Å². The molecule has 0 unspecified atom stereocenters. The van der Waals surface area contributed by atoms with Crippen LogP contribution >= 0.6 is 0 Å². The van der Waals surface area contributed by atoms with Crippen molar-refractivity contribution >= 4 is 24.0 Å². The SMILES string of the molecule is CCCCOC(=O)C[C@H](OC(=O)OC(C)(C)C)C(=O)NCCC(=O)OC1=CC[C@@]2(O)[C@H]3Cc4ccc(O)c5c4[C@@]2(CCN3C)[C@H]1O5. The lowest BCUT2D eigenvalue weighted by atomic mass is 9.50. The number of phenolic OH excluding ortho intramolecular Hbond substituents is 1. The second kappa shape index (κ2) is 12.7. The van der Waals surface area contributed by atoms with E-state index in [-0.39, 0.29) is 43.5 Å². The van der Waals surface area contributed by atoms with Gasteiger partial charge in [0.15, 0.2) is 23.7 Å². The van der Waals surface area contributed by atoms with E-state index < -0.39 is 59.2 Å². The van der Waals surface area contributed by atoms with E-state index in [2.05, 4.69) is 10.2 Å². The molecule has 2 heterocycles. The monoisotopic (exact) mass is 644 g/mol. The first-order valence-electron chi connectivity index (χ1n) is 15.9. The molecule has 5 rings (SSSR count). The van der Waals surface area contributed by atoms with E-state index in [1.54, 1.807) is 32.9 Å². The maximum atomic E-state index is 13.0. The molecule has 1 amide bonds. The topological polar surface area (TPSA) is 170 Å². The van der Waals surface area contributed by atoms with Crippen LogP contribution in [0.15, 0.2) is 24.0 Å². The fourth-order valence-corrected chi connectivity index (χ4v) is 7.14. The Balaban J connectivity index is 1.23. The second-order valence-corrected chi connectivity index (χ2v) is 13.5. The maximum absolute atomic E-state index is 13.0. The number of ether oxygens (including phenoxy) is 5. The van der Waals surface area contributed by atoms with Crippen LogP contribution in [0.4, 0.5) is 4.79 Å². The lowest BCUT2D eigenvalue weighted by Crippen LogP contribution is -2.74. The Kier molecular flexibility index (Phi) is 9.29. The number of aliphatic hydroxyl groups is 1. The molecule has 46 heavy (non-hydrogen) atoms. The molecule has 13 nitrogen and oxygen atoms in total. The molecule has 0 saturated carbocycles. The standard InChI is InChI=1S/C33H44N2O11/c1-6-7-16-42-25(38)18-22(44-30(40)46-31(2,3)4)29(39)34-14-11-24(37)43-21-10-12-33(41)23-17-19-8-9-20(36)27-26(19)32(33,28(21)45-27)13-15-35(23)5/h8-10,22-23,28,36,41H,6-7,11-18H2,1-5H3,(H,34,39)/t22-,23+,28-,32-,33+/m0/s1. The first kappa shape index (κ1) is 33.5. The molecule has 1 aromatic carbocycles. The molecule has 0 radical (unpaired) electrons. The van der Waals surface area contributed by atoms with Crippen LogP contribution in [-0.2, 0) is 45.2 Å². The molecule has 1 aromatic rings. The molecule has 13 heteroatoms. The maximum Gasteiger partial charge on any atom is 0.509 e. The third-order valence-corrected chi connectivity index (χ3v) is 9.25. The summed E-state index contributed by atoms with van der Waals surface area (Å²) in [5, 5.41) is 25.4. The predicted molar refractivity (Wildman–Crippen MR) is 162 cm³/mol. The summed E-state index contributed by atoms with van der Waals surface area (Å²) in [6, 6.07) is 3.27. The molecule has 2 bridgehead atoms. The number of carbonyl (C=O) groups is 4. The summed E-state index contributed by atoms with van der Waals surface area (Å²) in [6.07, 6.45) is 0.241. The number of amides is 1. The summed E-state index contributed by atoms with van der Waals surface area (Å²) in [5.41, 5.74) is -1.21. The van der Waals surface area contributed by atoms with Gasteiger partial charge in [-0.2, -0.15) is 0 Å². The van der Waals surface area contributed by atoms with E-state index >= 15 is 0 Å². The van der Waals surface area contributed by atoms with E-state index in [0.29, 0.717) is 31.6 Å². The third kappa shape index (κ3) is 6.14. The van der Waals surface area contributed by atoms with Crippen molar-refractivity contribution in [3.05, 3.63) is 35.1 Å². The van der Waals surface area contributed by atoms with Crippen molar-refractivity contribution in [1.82, 2.24) is 10.2 Å². The van der Waals surface area contributed by atoms with Crippen LogP contribution in [0.25, 0.3) is 0 Å². The number of carbonyl (C=O) groups excluding carboxylic acids is 4. The Hall–Kier alpha value is -3.84. The summed E-state index contributed by atoms with van der Waals surface area (Å²) in [6.45, 7) is 7.51. The van der Waals surface area contributed by atoms with Gasteiger partial charge in [0.2, 0.25) is 0 Å². The van der Waals surface area contributed by atoms with Gasteiger partial charge in [-0.25, -0.2) is 4.79 Å². The van der Waals surface area contributed by atoms with Crippen molar-refractivity contribution in [2.24, 2.45) is 0 Å². The number of nitrogens with one attached hydrogen (secondary N) is 1. The normalized spacial score (nSPS) is 26.5. The molecule has 0 aromatic heterocycles. The first-order valence-corrected chi connectivity index (χ1v) is 15.9. The van der Waals surface area contributed by atoms with Gasteiger partial charge in [-0.1, -0.05) is 19.4 Å². The van der Waals surface area contributed by atoms with Gasteiger partial charge in [0.05, 0.1) is 30.5 Å². The summed E-state index contributed by atoms with van der Waals surface area (Å²) >= 11 is 0. The fourth-order valence-electron chi connectivity index (χ4n) is 7.14. The largest absolute Gasteiger partial charge is 0.509 e. The third-order valence-electron chi connectivity index (χ3n) is 9.25. The van der Waals surface area contributed by atoms with Crippen LogP contribution in [0.1, 0.15) is 77.3 Å². The minimum Gasteiger partial charge on any atom is -0.504 e. The summed E-state index contributed by atoms with van der Waals surface area (Å²) in [5.74, 6) is -1.66. The average Bonchev–Trinajstić information content (AvgIpc) is 3.33. The number of esters is 2. The highest BCUT2D eigenvalue weighted by molar-refractivity contribution is 5.87. The molecule has 1 spiro atoms. The number of nitrogens with zero attached hydrogens (tertiary/aromatic N) is 1. The Morgan fingerprint density at radius 2 is 1.96 bits per heavy atom. The van der Waals surface area contributed by atoms with Gasteiger partial charge in [0.25, 0.3) is 5.91 Å². The van der Waals surface area contributed by atoms with Gasteiger partial charge in [-0.05, 0) is 71.3 Å².